The third-order valence-corrected chi connectivity index (χ3v) is 3.48. The molecule has 1 aliphatic rings. The van der Waals surface area contributed by atoms with Gasteiger partial charge < -0.3 is 14.2 Å². The van der Waals surface area contributed by atoms with Crippen molar-refractivity contribution in [2.24, 2.45) is 0 Å². The van der Waals surface area contributed by atoms with E-state index in [1.165, 1.54) is 12.8 Å². The fourth-order valence-corrected chi connectivity index (χ4v) is 2.25. The van der Waals surface area contributed by atoms with Gasteiger partial charge in [-0.05, 0) is 51.4 Å². The minimum atomic E-state index is 0.334. The minimum Gasteiger partial charge on any atom is -0.381 e. The smallest absolute Gasteiger partial charge is 0.0808 e. The molecule has 0 radical (unpaired) electrons. The fourth-order valence-electron chi connectivity index (χ4n) is 2.25. The maximum Gasteiger partial charge on any atom is 0.0808 e. The molecule has 0 amide bonds. The van der Waals surface area contributed by atoms with Gasteiger partial charge in [-0.3, -0.25) is 0 Å². The highest BCUT2D eigenvalue weighted by Gasteiger charge is 2.13. The molecule has 4 heteroatoms. The van der Waals surface area contributed by atoms with E-state index in [9.17, 15) is 0 Å². The van der Waals surface area contributed by atoms with E-state index in [0.29, 0.717) is 12.5 Å². The van der Waals surface area contributed by atoms with Gasteiger partial charge in [0.15, 0.2) is 0 Å². The zero-order valence-electron chi connectivity index (χ0n) is 12.6. The van der Waals surface area contributed by atoms with E-state index < -0.39 is 0 Å². The number of nitriles is 1. The largest absolute Gasteiger partial charge is 0.381 e. The SMILES string of the molecule is N#CCCCCOCCCCCOCC1CCCCO1. The maximum absolute atomic E-state index is 8.38. The van der Waals surface area contributed by atoms with E-state index in [1.807, 2.05) is 0 Å². The molecule has 0 aromatic rings. The summed E-state index contributed by atoms with van der Waals surface area (Å²) < 4.78 is 16.8. The third-order valence-electron chi connectivity index (χ3n) is 3.48. The second-order valence-corrected chi connectivity index (χ2v) is 5.35. The quantitative estimate of drug-likeness (QED) is 0.515. The molecule has 0 bridgehead atoms. The second kappa shape index (κ2) is 13.4. The molecule has 0 N–H and O–H groups in total. The van der Waals surface area contributed by atoms with Crippen molar-refractivity contribution in [3.8, 4) is 6.07 Å². The summed E-state index contributed by atoms with van der Waals surface area (Å²) in [5.41, 5.74) is 0. The van der Waals surface area contributed by atoms with Crippen LogP contribution in [0, 0.1) is 11.3 Å². The summed E-state index contributed by atoms with van der Waals surface area (Å²) in [6, 6.07) is 2.14. The summed E-state index contributed by atoms with van der Waals surface area (Å²) >= 11 is 0. The molecular weight excluding hydrogens is 254 g/mol. The van der Waals surface area contributed by atoms with Crippen LogP contribution in [0.15, 0.2) is 0 Å². The molecule has 20 heavy (non-hydrogen) atoms. The molecule has 0 aromatic carbocycles. The Hall–Kier alpha value is -0.630. The average molecular weight is 283 g/mol. The van der Waals surface area contributed by atoms with Gasteiger partial charge in [0.05, 0.1) is 18.8 Å². The van der Waals surface area contributed by atoms with Gasteiger partial charge in [-0.15, -0.1) is 0 Å². The summed E-state index contributed by atoms with van der Waals surface area (Å²) in [6.07, 6.45) is 9.92. The lowest BCUT2D eigenvalue weighted by Crippen LogP contribution is -2.24. The van der Waals surface area contributed by atoms with Crippen molar-refractivity contribution in [3.63, 3.8) is 0 Å². The first-order valence-corrected chi connectivity index (χ1v) is 8.07. The highest BCUT2D eigenvalue weighted by atomic mass is 16.5. The summed E-state index contributed by atoms with van der Waals surface area (Å²) in [6.45, 7) is 4.12. The van der Waals surface area contributed by atoms with Gasteiger partial charge in [0.25, 0.3) is 0 Å². The first-order valence-electron chi connectivity index (χ1n) is 8.07. The van der Waals surface area contributed by atoms with E-state index in [0.717, 1.165) is 71.6 Å². The molecule has 1 atom stereocenters. The van der Waals surface area contributed by atoms with Crippen LogP contribution in [-0.2, 0) is 14.2 Å². The summed E-state index contributed by atoms with van der Waals surface area (Å²) in [4.78, 5) is 0. The van der Waals surface area contributed by atoms with E-state index >= 15 is 0 Å². The maximum atomic E-state index is 8.38. The number of hydrogen-bond acceptors (Lipinski definition) is 4. The molecule has 116 valence electrons. The zero-order chi connectivity index (χ0) is 14.3. The van der Waals surface area contributed by atoms with Crippen LogP contribution in [-0.4, -0.2) is 39.1 Å². The molecule has 0 aromatic heterocycles. The number of hydrogen-bond donors (Lipinski definition) is 0. The van der Waals surface area contributed by atoms with Gasteiger partial charge in [0.2, 0.25) is 0 Å². The van der Waals surface area contributed by atoms with Crippen LogP contribution in [0.2, 0.25) is 0 Å². The van der Waals surface area contributed by atoms with E-state index in [4.69, 9.17) is 19.5 Å². The number of ether oxygens (including phenoxy) is 3. The Morgan fingerprint density at radius 2 is 1.70 bits per heavy atom. The van der Waals surface area contributed by atoms with Crippen LogP contribution in [0.4, 0.5) is 0 Å². The number of nitrogens with zero attached hydrogens (tertiary/aromatic N) is 1. The minimum absolute atomic E-state index is 0.334. The number of unbranched alkanes of at least 4 members (excludes halogenated alkanes) is 4. The molecule has 0 aliphatic carbocycles. The second-order valence-electron chi connectivity index (χ2n) is 5.35. The van der Waals surface area contributed by atoms with Crippen LogP contribution >= 0.6 is 0 Å². The first-order chi connectivity index (χ1) is 9.93. The molecule has 1 unspecified atom stereocenters. The monoisotopic (exact) mass is 283 g/mol. The van der Waals surface area contributed by atoms with E-state index in [2.05, 4.69) is 6.07 Å². The lowest BCUT2D eigenvalue weighted by Gasteiger charge is -2.22. The van der Waals surface area contributed by atoms with Crippen LogP contribution in [0.3, 0.4) is 0 Å². The lowest BCUT2D eigenvalue weighted by molar-refractivity contribution is -0.0412. The van der Waals surface area contributed by atoms with E-state index in [1.54, 1.807) is 0 Å². The van der Waals surface area contributed by atoms with Crippen LogP contribution < -0.4 is 0 Å². The van der Waals surface area contributed by atoms with Gasteiger partial charge in [-0.1, -0.05) is 0 Å². The molecular formula is C16H29NO3. The standard InChI is InChI=1S/C16H29NO3/c17-10-4-1-5-11-18-12-6-2-7-13-19-15-16-9-3-8-14-20-16/h16H,1-9,11-15H2. The van der Waals surface area contributed by atoms with Gasteiger partial charge in [-0.2, -0.15) is 5.26 Å². The van der Waals surface area contributed by atoms with Crippen molar-refractivity contribution in [1.82, 2.24) is 0 Å². The molecule has 1 rings (SSSR count). The Bertz CT molecular complexity index is 247. The van der Waals surface area contributed by atoms with Crippen LogP contribution in [0.25, 0.3) is 0 Å². The summed E-state index contributed by atoms with van der Waals surface area (Å²) in [7, 11) is 0. The topological polar surface area (TPSA) is 51.5 Å². The Balaban J connectivity index is 1.71. The predicted molar refractivity (Wildman–Crippen MR) is 78.5 cm³/mol. The fraction of sp³-hybridized carbons (Fsp3) is 0.938. The van der Waals surface area contributed by atoms with Crippen LogP contribution in [0.5, 0.6) is 0 Å². The van der Waals surface area contributed by atoms with Crippen molar-refractivity contribution in [3.05, 3.63) is 0 Å². The molecule has 1 fully saturated rings. The van der Waals surface area contributed by atoms with Gasteiger partial charge in [-0.25, -0.2) is 0 Å². The zero-order valence-corrected chi connectivity index (χ0v) is 12.6. The molecule has 4 nitrogen and oxygen atoms in total. The van der Waals surface area contributed by atoms with Crippen LogP contribution in [0.1, 0.15) is 57.8 Å². The highest BCUT2D eigenvalue weighted by Crippen LogP contribution is 2.12. The van der Waals surface area contributed by atoms with Crippen molar-refractivity contribution in [1.29, 1.82) is 5.26 Å². The summed E-state index contributed by atoms with van der Waals surface area (Å²) in [5.74, 6) is 0. The van der Waals surface area contributed by atoms with Crippen molar-refractivity contribution < 1.29 is 14.2 Å². The molecule has 1 aliphatic heterocycles. The normalized spacial score (nSPS) is 18.9. The summed E-state index contributed by atoms with van der Waals surface area (Å²) in [5, 5.41) is 8.38. The van der Waals surface area contributed by atoms with Gasteiger partial charge >= 0.3 is 0 Å². The van der Waals surface area contributed by atoms with Crippen molar-refractivity contribution in [2.45, 2.75) is 63.9 Å². The Morgan fingerprint density at radius 3 is 2.40 bits per heavy atom. The molecule has 1 heterocycles. The molecule has 0 saturated carbocycles. The third kappa shape index (κ3) is 10.2. The highest BCUT2D eigenvalue weighted by molar-refractivity contribution is 4.67. The Kier molecular flexibility index (Phi) is 11.6. The van der Waals surface area contributed by atoms with Crippen molar-refractivity contribution in [2.75, 3.05) is 33.0 Å². The predicted octanol–water partition coefficient (Wildman–Crippen LogP) is 3.45. The van der Waals surface area contributed by atoms with Gasteiger partial charge in [0, 0.05) is 32.8 Å². The Morgan fingerprint density at radius 1 is 0.950 bits per heavy atom. The average Bonchev–Trinajstić information content (AvgIpc) is 2.49. The Labute approximate surface area is 123 Å². The molecule has 0 spiro atoms. The van der Waals surface area contributed by atoms with Crippen molar-refractivity contribution >= 4 is 0 Å². The lowest BCUT2D eigenvalue weighted by atomic mass is 10.1. The first kappa shape index (κ1) is 17.4. The number of rotatable bonds is 12. The van der Waals surface area contributed by atoms with Gasteiger partial charge in [0.1, 0.15) is 0 Å². The molecule has 1 saturated heterocycles. The van der Waals surface area contributed by atoms with E-state index in [-0.39, 0.29) is 0 Å².